The molecule has 0 amide bonds. The molecule has 0 aromatic heterocycles. The Bertz CT molecular complexity index is 196. The van der Waals surface area contributed by atoms with E-state index >= 15 is 0 Å². The Morgan fingerprint density at radius 2 is 0.800 bits per heavy atom. The summed E-state index contributed by atoms with van der Waals surface area (Å²) in [5.74, 6) is -2.09. The Labute approximate surface area is 181 Å². The normalized spacial score (nSPS) is 10.5. The standard InChI is InChI=1S/2C2HI3O2.Zn/c2*3-2(4,5)1(6)7;/h2*(H,6,7);/q;;+2/p-2. The summed E-state index contributed by atoms with van der Waals surface area (Å²) in [6.45, 7) is 0. The summed E-state index contributed by atoms with van der Waals surface area (Å²) in [7, 11) is 0. The van der Waals surface area contributed by atoms with Crippen molar-refractivity contribution in [3.63, 3.8) is 0 Å². The molecule has 0 atom stereocenters. The second-order valence-corrected chi connectivity index (χ2v) is 23.7. The smallest absolute Gasteiger partial charge is 0.547 e. The van der Waals surface area contributed by atoms with Crippen LogP contribution in [-0.4, -0.2) is 10.8 Å². The van der Waals surface area contributed by atoms with Gasteiger partial charge in [-0.1, -0.05) is 0 Å². The Morgan fingerprint density at radius 1 is 0.733 bits per heavy atom. The summed E-state index contributed by atoms with van der Waals surface area (Å²) in [5, 5.41) is 19.8. The molecule has 4 nitrogen and oxygen atoms in total. The van der Waals surface area contributed by atoms with Crippen molar-refractivity contribution in [1.82, 2.24) is 0 Å². The topological polar surface area (TPSA) is 80.3 Å². The van der Waals surface area contributed by atoms with Crippen LogP contribution in [0.5, 0.6) is 0 Å². The quantitative estimate of drug-likeness (QED) is 0.239. The number of rotatable bonds is 2. The van der Waals surface area contributed by atoms with Crippen LogP contribution in [0, 0.1) is 0 Å². The van der Waals surface area contributed by atoms with Crippen LogP contribution in [0.2, 0.25) is 0 Å². The molecule has 0 saturated heterocycles. The van der Waals surface area contributed by atoms with Gasteiger partial charge in [-0.3, -0.25) is 0 Å². The van der Waals surface area contributed by atoms with Crippen LogP contribution in [0.3, 0.4) is 0 Å². The average molecular weight is 939 g/mol. The van der Waals surface area contributed by atoms with E-state index in [1.54, 1.807) is 136 Å². The van der Waals surface area contributed by atoms with Crippen LogP contribution in [0.25, 0.3) is 0 Å². The van der Waals surface area contributed by atoms with E-state index in [9.17, 15) is 19.8 Å². The third-order valence-electron chi connectivity index (χ3n) is 0.463. The molecule has 0 aliphatic rings. The fourth-order valence-electron chi connectivity index (χ4n) is 0. The molecule has 11 heteroatoms. The van der Waals surface area contributed by atoms with Gasteiger partial charge in [0.2, 0.25) is 0 Å². The Morgan fingerprint density at radius 3 is 0.800 bits per heavy atom. The van der Waals surface area contributed by atoms with Crippen molar-refractivity contribution in [1.29, 1.82) is 0 Å². The molecule has 15 heavy (non-hydrogen) atoms. The summed E-state index contributed by atoms with van der Waals surface area (Å²) in [5.41, 5.74) is 0. The first-order valence-electron chi connectivity index (χ1n) is 2.45. The van der Waals surface area contributed by atoms with Crippen molar-refractivity contribution in [2.45, 2.75) is -1.13 Å². The van der Waals surface area contributed by atoms with Gasteiger partial charge in [0, 0.05) is 0 Å². The number of carbonyl (C=O) groups excluding carboxylic acids is 2. The maximum atomic E-state index is 9.89. The van der Waals surface area contributed by atoms with Crippen molar-refractivity contribution >= 4 is 147 Å². The minimum Gasteiger partial charge on any atom is -0.547 e. The van der Waals surface area contributed by atoms with Gasteiger partial charge in [-0.25, -0.2) is 0 Å². The van der Waals surface area contributed by atoms with E-state index in [2.05, 4.69) is 0 Å². The van der Waals surface area contributed by atoms with Crippen molar-refractivity contribution in [3.05, 3.63) is 0 Å². The average Bonchev–Trinajstić information content (AvgIpc) is 1.83. The molecule has 0 spiro atoms. The predicted octanol–water partition coefficient (Wildman–Crippen LogP) is 1.39. The SMILES string of the molecule is O=C([O-])C(I)(I)I.O=C([O-])C(I)(I)I.[Zn+2]. The number of hydrogen-bond donors (Lipinski definition) is 0. The molecule has 0 heterocycles. The minimum atomic E-state index is -1.05. The maximum Gasteiger partial charge on any atom is 2.00 e. The van der Waals surface area contributed by atoms with Gasteiger partial charge in [0.15, 0.2) is -1.13 Å². The van der Waals surface area contributed by atoms with Crippen molar-refractivity contribution < 1.29 is 39.3 Å². The zero-order valence-corrected chi connectivity index (χ0v) is 22.5. The first-order valence-corrected chi connectivity index (χ1v) is 8.92. The van der Waals surface area contributed by atoms with Gasteiger partial charge >= 0.3 is 19.5 Å². The van der Waals surface area contributed by atoms with E-state index in [0.717, 1.165) is 0 Å². The number of carbonyl (C=O) groups is 2. The van der Waals surface area contributed by atoms with Crippen LogP contribution in [0.1, 0.15) is 0 Å². The third kappa shape index (κ3) is 17.9. The zero-order chi connectivity index (χ0) is 12.2. The number of aliphatic carboxylic acids is 2. The summed E-state index contributed by atoms with van der Waals surface area (Å²) >= 11 is 10.7. The Kier molecular flexibility index (Phi) is 17.1. The second-order valence-electron chi connectivity index (χ2n) is 1.57. The number of alkyl halides is 6. The Hall–Kier alpha value is 3.94. The molecule has 0 rings (SSSR count). The molecule has 0 aliphatic carbocycles. The number of halogens is 6. The summed E-state index contributed by atoms with van der Waals surface area (Å²) in [6.07, 6.45) is 0. The predicted molar refractivity (Wildman–Crippen MR) is 99.6 cm³/mol. The van der Waals surface area contributed by atoms with E-state index in [-0.39, 0.29) is 19.5 Å². The van der Waals surface area contributed by atoms with Crippen LogP contribution in [0.4, 0.5) is 0 Å². The maximum absolute atomic E-state index is 9.89. The molecular formula is C4I6O4Zn. The van der Waals surface area contributed by atoms with Crippen molar-refractivity contribution in [3.8, 4) is 0 Å². The molecule has 0 N–H and O–H groups in total. The number of hydrogen-bond acceptors (Lipinski definition) is 4. The van der Waals surface area contributed by atoms with E-state index < -0.39 is 10.8 Å². The number of carboxylic acids is 2. The molecule has 0 fully saturated rings. The zero-order valence-electron chi connectivity index (χ0n) is 6.61. The molecule has 0 radical (unpaired) electrons. The molecule has 0 aromatic rings. The summed E-state index contributed by atoms with van der Waals surface area (Å²) in [6, 6.07) is 0. The van der Waals surface area contributed by atoms with Gasteiger partial charge < -0.3 is 19.8 Å². The fourth-order valence-corrected chi connectivity index (χ4v) is 0. The molecule has 0 aliphatic heterocycles. The van der Waals surface area contributed by atoms with Crippen molar-refractivity contribution in [2.75, 3.05) is 0 Å². The fraction of sp³-hybridized carbons (Fsp3) is 0.500. The van der Waals surface area contributed by atoms with Crippen LogP contribution < -0.4 is 10.2 Å². The molecule has 84 valence electrons. The van der Waals surface area contributed by atoms with Crippen LogP contribution >= 0.6 is 136 Å². The number of carboxylic acid groups (broad SMARTS) is 2. The van der Waals surface area contributed by atoms with Crippen LogP contribution in [0.15, 0.2) is 0 Å². The van der Waals surface area contributed by atoms with Gasteiger partial charge in [-0.15, -0.1) is 0 Å². The third-order valence-corrected chi connectivity index (χ3v) is 3.11. The van der Waals surface area contributed by atoms with Gasteiger partial charge in [0.25, 0.3) is 0 Å². The Balaban J connectivity index is -0.000000180. The monoisotopic (exact) mass is 937 g/mol. The minimum absolute atomic E-state index is 0. The molecule has 0 bridgehead atoms. The summed E-state index contributed by atoms with van der Waals surface area (Å²) < 4.78 is -1.57. The second kappa shape index (κ2) is 10.7. The van der Waals surface area contributed by atoms with Crippen molar-refractivity contribution in [2.24, 2.45) is 0 Å². The van der Waals surface area contributed by atoms with Gasteiger partial charge in [-0.05, 0) is 136 Å². The summed E-state index contributed by atoms with van der Waals surface area (Å²) in [4.78, 5) is 19.8. The largest absolute Gasteiger partial charge is 2.00 e. The first-order chi connectivity index (χ1) is 5.89. The van der Waals surface area contributed by atoms with Gasteiger partial charge in [-0.2, -0.15) is 0 Å². The van der Waals surface area contributed by atoms with Gasteiger partial charge in [0.05, 0.1) is 11.9 Å². The molecule has 0 aromatic carbocycles. The van der Waals surface area contributed by atoms with Gasteiger partial charge in [0.1, 0.15) is 0 Å². The van der Waals surface area contributed by atoms with E-state index in [0.29, 0.717) is 0 Å². The van der Waals surface area contributed by atoms with E-state index in [1.165, 1.54) is 0 Å². The first kappa shape index (κ1) is 24.0. The van der Waals surface area contributed by atoms with E-state index in [1.807, 2.05) is 0 Å². The molecule has 0 saturated carbocycles. The van der Waals surface area contributed by atoms with Crippen LogP contribution in [-0.2, 0) is 29.1 Å². The van der Waals surface area contributed by atoms with E-state index in [4.69, 9.17) is 0 Å². The molecular weight excluding hydrogens is 939 g/mol. The molecule has 0 unspecified atom stereocenters.